The number of aryl methyl sites for hydroxylation is 1. The number of hydrogen-bond donors (Lipinski definition) is 0. The molecule has 0 saturated carbocycles. The molecule has 1 fully saturated rings. The molecule has 1 aliphatic rings. The Morgan fingerprint density at radius 1 is 1.19 bits per heavy atom. The predicted octanol–water partition coefficient (Wildman–Crippen LogP) is 3.38. The molecule has 162 valence electrons. The predicted molar refractivity (Wildman–Crippen MR) is 120 cm³/mol. The van der Waals surface area contributed by atoms with Crippen molar-refractivity contribution in [2.24, 2.45) is 0 Å². The molecule has 0 N–H and O–H groups in total. The quantitative estimate of drug-likeness (QED) is 0.563. The van der Waals surface area contributed by atoms with Crippen LogP contribution in [0, 0.1) is 6.92 Å². The average molecular weight is 439 g/mol. The minimum absolute atomic E-state index is 0.137. The molecule has 4 rings (SSSR count). The van der Waals surface area contributed by atoms with Gasteiger partial charge >= 0.3 is 0 Å². The molecule has 1 aliphatic heterocycles. The lowest BCUT2D eigenvalue weighted by atomic mass is 9.99. The molecule has 0 atom stereocenters. The van der Waals surface area contributed by atoms with Gasteiger partial charge in [0, 0.05) is 55.6 Å². The molecule has 2 aromatic heterocycles. The lowest BCUT2D eigenvalue weighted by molar-refractivity contribution is -0.134. The summed E-state index contributed by atoms with van der Waals surface area (Å²) in [5.41, 5.74) is 4.00. The van der Waals surface area contributed by atoms with Crippen LogP contribution in [-0.4, -0.2) is 59.5 Å². The van der Waals surface area contributed by atoms with E-state index in [2.05, 4.69) is 27.0 Å². The number of piperazine rings is 1. The van der Waals surface area contributed by atoms with E-state index in [0.717, 1.165) is 46.1 Å². The Morgan fingerprint density at radius 2 is 2.06 bits per heavy atom. The monoisotopic (exact) mass is 438 g/mol. The Morgan fingerprint density at radius 3 is 2.81 bits per heavy atom. The van der Waals surface area contributed by atoms with Crippen molar-refractivity contribution in [3.8, 4) is 22.8 Å². The number of amides is 1. The van der Waals surface area contributed by atoms with Crippen molar-refractivity contribution >= 4 is 17.2 Å². The molecule has 0 aliphatic carbocycles. The lowest BCUT2D eigenvalue weighted by Gasteiger charge is -2.32. The van der Waals surface area contributed by atoms with E-state index in [9.17, 15) is 4.79 Å². The van der Waals surface area contributed by atoms with E-state index in [1.165, 1.54) is 0 Å². The molecule has 1 saturated heterocycles. The van der Waals surface area contributed by atoms with Gasteiger partial charge in [-0.25, -0.2) is 9.97 Å². The van der Waals surface area contributed by atoms with Crippen LogP contribution in [0.25, 0.3) is 11.1 Å². The first-order valence-electron chi connectivity index (χ1n) is 10.2. The molecule has 0 radical (unpaired) electrons. The van der Waals surface area contributed by atoms with Crippen molar-refractivity contribution in [3.63, 3.8) is 0 Å². The third-order valence-corrected chi connectivity index (χ3v) is 6.13. The van der Waals surface area contributed by atoms with Crippen LogP contribution in [0.4, 0.5) is 0 Å². The summed E-state index contributed by atoms with van der Waals surface area (Å²) in [5, 5.41) is 2.87. The third-order valence-electron chi connectivity index (χ3n) is 5.38. The van der Waals surface area contributed by atoms with Gasteiger partial charge in [0.25, 0.3) is 0 Å². The maximum atomic E-state index is 12.2. The Bertz CT molecular complexity index is 1050. The number of thiazole rings is 1. The molecule has 1 amide bonds. The number of aromatic nitrogens is 2. The molecule has 3 heterocycles. The molecule has 3 aromatic rings. The summed E-state index contributed by atoms with van der Waals surface area (Å²) in [6, 6.07) is 8.11. The van der Waals surface area contributed by atoms with E-state index in [4.69, 9.17) is 9.47 Å². The number of nitrogens with zero attached hydrogens (tertiary/aromatic N) is 4. The van der Waals surface area contributed by atoms with Gasteiger partial charge in [-0.05, 0) is 42.3 Å². The van der Waals surface area contributed by atoms with Crippen LogP contribution in [0.5, 0.6) is 11.6 Å². The fourth-order valence-corrected chi connectivity index (χ4v) is 4.27. The van der Waals surface area contributed by atoms with E-state index in [-0.39, 0.29) is 5.91 Å². The smallest absolute Gasteiger partial charge is 0.236 e. The van der Waals surface area contributed by atoms with E-state index in [1.807, 2.05) is 31.5 Å². The van der Waals surface area contributed by atoms with Crippen LogP contribution in [0.15, 0.2) is 42.0 Å². The summed E-state index contributed by atoms with van der Waals surface area (Å²) in [6.45, 7) is 5.05. The van der Waals surface area contributed by atoms with Gasteiger partial charge in [-0.3, -0.25) is 9.69 Å². The molecule has 1 aromatic carbocycles. The highest BCUT2D eigenvalue weighted by molar-refractivity contribution is 7.09. The second kappa shape index (κ2) is 9.45. The zero-order valence-electron chi connectivity index (χ0n) is 18.0. The molecule has 7 nitrogen and oxygen atoms in total. The highest BCUT2D eigenvalue weighted by atomic mass is 32.1. The minimum atomic E-state index is 0.137. The molecular formula is C23H26N4O3S. The van der Waals surface area contributed by atoms with Crippen molar-refractivity contribution in [2.75, 3.05) is 33.8 Å². The normalized spacial score (nSPS) is 14.7. The molecule has 0 unspecified atom stereocenters. The summed E-state index contributed by atoms with van der Waals surface area (Å²) in [7, 11) is 3.47. The lowest BCUT2D eigenvalue weighted by Crippen LogP contribution is -2.48. The maximum absolute atomic E-state index is 12.2. The Balaban J connectivity index is 1.68. The number of hydrogen-bond acceptors (Lipinski definition) is 7. The van der Waals surface area contributed by atoms with Crippen molar-refractivity contribution in [1.29, 1.82) is 0 Å². The summed E-state index contributed by atoms with van der Waals surface area (Å²) in [6.07, 6.45) is 3.50. The largest absolute Gasteiger partial charge is 0.486 e. The first kappa shape index (κ1) is 21.3. The molecule has 8 heteroatoms. The van der Waals surface area contributed by atoms with E-state index < -0.39 is 0 Å². The van der Waals surface area contributed by atoms with Crippen LogP contribution < -0.4 is 9.47 Å². The van der Waals surface area contributed by atoms with Gasteiger partial charge in [-0.2, -0.15) is 0 Å². The van der Waals surface area contributed by atoms with Crippen molar-refractivity contribution in [1.82, 2.24) is 19.8 Å². The fourth-order valence-electron chi connectivity index (χ4n) is 3.74. The van der Waals surface area contributed by atoms with Crippen LogP contribution in [-0.2, 0) is 17.9 Å². The van der Waals surface area contributed by atoms with Gasteiger partial charge in [0.15, 0.2) is 0 Å². The topological polar surface area (TPSA) is 67.8 Å². The minimum Gasteiger partial charge on any atom is -0.486 e. The molecular weight excluding hydrogens is 412 g/mol. The zero-order chi connectivity index (χ0) is 21.8. The third kappa shape index (κ3) is 4.86. The summed E-state index contributed by atoms with van der Waals surface area (Å²) in [5.74, 6) is 1.56. The summed E-state index contributed by atoms with van der Waals surface area (Å²) >= 11 is 1.57. The Labute approximate surface area is 186 Å². The van der Waals surface area contributed by atoms with Crippen LogP contribution >= 0.6 is 11.3 Å². The Kier molecular flexibility index (Phi) is 6.48. The number of likely N-dealkylation sites (N-methyl/N-ethyl adjacent to an activating group) is 1. The van der Waals surface area contributed by atoms with Gasteiger partial charge in [0.05, 0.1) is 13.7 Å². The first-order chi connectivity index (χ1) is 15.0. The standard InChI is InChI=1S/C23H26N4O3S/c1-16-11-17(19-5-4-6-25-23(19)29-3)12-18(13-27-9-8-26(2)21(28)14-27)22(16)30-15-20-24-7-10-31-20/h4-7,10-12H,8-9,13-15H2,1-3H3. The number of methoxy groups -OCH3 is 1. The number of pyridine rings is 1. The van der Waals surface area contributed by atoms with Crippen molar-refractivity contribution in [3.05, 3.63) is 58.2 Å². The SMILES string of the molecule is COc1ncccc1-c1cc(C)c(OCc2nccs2)c(CN2CCN(C)C(=O)C2)c1. The van der Waals surface area contributed by atoms with Crippen molar-refractivity contribution in [2.45, 2.75) is 20.1 Å². The van der Waals surface area contributed by atoms with E-state index in [0.29, 0.717) is 25.6 Å². The van der Waals surface area contributed by atoms with Gasteiger partial charge in [-0.1, -0.05) is 0 Å². The van der Waals surface area contributed by atoms with E-state index >= 15 is 0 Å². The first-order valence-corrected chi connectivity index (χ1v) is 11.0. The Hall–Kier alpha value is -2.97. The molecule has 0 spiro atoms. The summed E-state index contributed by atoms with van der Waals surface area (Å²) in [4.78, 5) is 24.8. The second-order valence-electron chi connectivity index (χ2n) is 7.58. The number of benzene rings is 1. The van der Waals surface area contributed by atoms with Gasteiger partial charge in [0.1, 0.15) is 17.4 Å². The molecule has 31 heavy (non-hydrogen) atoms. The van der Waals surface area contributed by atoms with E-state index in [1.54, 1.807) is 35.7 Å². The van der Waals surface area contributed by atoms with Crippen molar-refractivity contribution < 1.29 is 14.3 Å². The fraction of sp³-hybridized carbons (Fsp3) is 0.348. The van der Waals surface area contributed by atoms with Crippen LogP contribution in [0.3, 0.4) is 0 Å². The highest BCUT2D eigenvalue weighted by Gasteiger charge is 2.23. The summed E-state index contributed by atoms with van der Waals surface area (Å²) < 4.78 is 11.7. The zero-order valence-corrected chi connectivity index (χ0v) is 18.8. The second-order valence-corrected chi connectivity index (χ2v) is 8.56. The number of rotatable bonds is 7. The van der Waals surface area contributed by atoms with Crippen LogP contribution in [0.1, 0.15) is 16.1 Å². The van der Waals surface area contributed by atoms with Gasteiger partial charge in [0.2, 0.25) is 11.8 Å². The average Bonchev–Trinajstić information content (AvgIpc) is 3.29. The number of carbonyl (C=O) groups excluding carboxylic acids is 1. The van der Waals surface area contributed by atoms with Gasteiger partial charge < -0.3 is 14.4 Å². The number of carbonyl (C=O) groups is 1. The number of ether oxygens (including phenoxy) is 2. The molecule has 0 bridgehead atoms. The maximum Gasteiger partial charge on any atom is 0.236 e. The highest BCUT2D eigenvalue weighted by Crippen LogP contribution is 2.35. The van der Waals surface area contributed by atoms with Crippen LogP contribution in [0.2, 0.25) is 0 Å². The van der Waals surface area contributed by atoms with Gasteiger partial charge in [-0.15, -0.1) is 11.3 Å².